The van der Waals surface area contributed by atoms with Crippen molar-refractivity contribution in [3.05, 3.63) is 28.8 Å². The fourth-order valence-electron chi connectivity index (χ4n) is 2.63. The molecule has 21 heavy (non-hydrogen) atoms. The van der Waals surface area contributed by atoms with E-state index in [0.29, 0.717) is 16.3 Å². The van der Waals surface area contributed by atoms with Crippen LogP contribution < -0.4 is 16.4 Å². The highest BCUT2D eigenvalue weighted by molar-refractivity contribution is 6.34. The van der Waals surface area contributed by atoms with Gasteiger partial charge in [0.05, 0.1) is 16.5 Å². The summed E-state index contributed by atoms with van der Waals surface area (Å²) in [6, 6.07) is 4.77. The van der Waals surface area contributed by atoms with Crippen LogP contribution in [0.3, 0.4) is 0 Å². The summed E-state index contributed by atoms with van der Waals surface area (Å²) in [5, 5.41) is 5.70. The highest BCUT2D eigenvalue weighted by atomic mass is 35.5. The molecule has 1 aliphatic rings. The predicted molar refractivity (Wildman–Crippen MR) is 83.4 cm³/mol. The van der Waals surface area contributed by atoms with Gasteiger partial charge in [-0.3, -0.25) is 9.59 Å². The van der Waals surface area contributed by atoms with Crippen molar-refractivity contribution >= 4 is 29.1 Å². The lowest BCUT2D eigenvalue weighted by Crippen LogP contribution is -2.40. The minimum atomic E-state index is -0.287. The van der Waals surface area contributed by atoms with E-state index in [9.17, 15) is 9.59 Å². The van der Waals surface area contributed by atoms with Crippen LogP contribution >= 0.6 is 11.6 Å². The van der Waals surface area contributed by atoms with Crippen LogP contribution in [0.1, 0.15) is 36.0 Å². The molecule has 0 saturated heterocycles. The molecule has 114 valence electrons. The van der Waals surface area contributed by atoms with Gasteiger partial charge in [0.1, 0.15) is 0 Å². The van der Waals surface area contributed by atoms with Gasteiger partial charge in [-0.25, -0.2) is 0 Å². The van der Waals surface area contributed by atoms with Gasteiger partial charge < -0.3 is 16.4 Å². The topological polar surface area (TPSA) is 84.2 Å². The van der Waals surface area contributed by atoms with Crippen molar-refractivity contribution in [2.24, 2.45) is 11.7 Å². The molecule has 2 unspecified atom stereocenters. The smallest absolute Gasteiger partial charge is 0.252 e. The van der Waals surface area contributed by atoms with Crippen LogP contribution in [-0.4, -0.2) is 24.9 Å². The molecular weight excluding hydrogens is 290 g/mol. The first kappa shape index (κ1) is 15.8. The molecule has 5 nitrogen and oxygen atoms in total. The second kappa shape index (κ2) is 6.91. The number of nitrogens with one attached hydrogen (secondary N) is 2. The van der Waals surface area contributed by atoms with Crippen LogP contribution in [0.25, 0.3) is 0 Å². The van der Waals surface area contributed by atoms with Crippen LogP contribution in [0.2, 0.25) is 5.02 Å². The zero-order chi connectivity index (χ0) is 15.4. The predicted octanol–water partition coefficient (Wildman–Crippen LogP) is 2.16. The van der Waals surface area contributed by atoms with E-state index in [2.05, 4.69) is 10.6 Å². The molecule has 0 aromatic heterocycles. The molecule has 2 rings (SSSR count). The third kappa shape index (κ3) is 3.74. The summed E-state index contributed by atoms with van der Waals surface area (Å²) >= 11 is 5.98. The van der Waals surface area contributed by atoms with E-state index in [1.165, 1.54) is 7.05 Å². The van der Waals surface area contributed by atoms with E-state index in [4.69, 9.17) is 17.3 Å². The first-order valence-electron chi connectivity index (χ1n) is 7.11. The zero-order valence-corrected chi connectivity index (χ0v) is 12.7. The van der Waals surface area contributed by atoms with Gasteiger partial charge in [-0.05, 0) is 31.0 Å². The largest absolute Gasteiger partial charge is 0.355 e. The molecule has 0 heterocycles. The van der Waals surface area contributed by atoms with Crippen LogP contribution in [0.5, 0.6) is 0 Å². The summed E-state index contributed by atoms with van der Waals surface area (Å²) in [5.74, 6) is -0.546. The molecule has 1 saturated carbocycles. The number of hydrogen-bond acceptors (Lipinski definition) is 3. The lowest BCUT2D eigenvalue weighted by atomic mass is 9.84. The highest BCUT2D eigenvalue weighted by Gasteiger charge is 2.28. The van der Waals surface area contributed by atoms with Gasteiger partial charge in [-0.2, -0.15) is 0 Å². The zero-order valence-electron chi connectivity index (χ0n) is 12.0. The van der Waals surface area contributed by atoms with Crippen molar-refractivity contribution in [2.45, 2.75) is 31.7 Å². The first-order chi connectivity index (χ1) is 10.0. The van der Waals surface area contributed by atoms with Gasteiger partial charge in [0.25, 0.3) is 5.91 Å². The Labute approximate surface area is 129 Å². The number of anilines is 1. The number of nitrogens with two attached hydrogens (primary N) is 1. The van der Waals surface area contributed by atoms with Gasteiger partial charge >= 0.3 is 0 Å². The summed E-state index contributed by atoms with van der Waals surface area (Å²) in [6.07, 6.45) is 3.79. The molecule has 0 aliphatic heterocycles. The molecule has 1 aromatic rings. The van der Waals surface area contributed by atoms with Crippen LogP contribution in [0.4, 0.5) is 5.69 Å². The van der Waals surface area contributed by atoms with Crippen molar-refractivity contribution < 1.29 is 9.59 Å². The third-order valence-corrected chi connectivity index (χ3v) is 4.19. The van der Waals surface area contributed by atoms with Crippen molar-refractivity contribution in [3.63, 3.8) is 0 Å². The van der Waals surface area contributed by atoms with Crippen molar-refractivity contribution in [3.8, 4) is 0 Å². The van der Waals surface area contributed by atoms with Crippen molar-refractivity contribution in [1.82, 2.24) is 5.32 Å². The molecule has 6 heteroatoms. The maximum absolute atomic E-state index is 12.3. The average molecular weight is 310 g/mol. The average Bonchev–Trinajstić information content (AvgIpc) is 2.48. The molecule has 1 aliphatic carbocycles. The summed E-state index contributed by atoms with van der Waals surface area (Å²) in [5.41, 5.74) is 6.91. The van der Waals surface area contributed by atoms with Crippen LogP contribution in [-0.2, 0) is 4.79 Å². The molecule has 1 fully saturated rings. The number of carbonyl (C=O) groups is 2. The standard InChI is InChI=1S/C15H20ClN3O2/c1-18-14(20)11-8-9(6-7-12(11)16)19-15(21)10-4-2-3-5-13(10)17/h6-8,10,13H,2-5,17H2,1H3,(H,18,20)(H,19,21). The Morgan fingerprint density at radius 3 is 2.67 bits per heavy atom. The van der Waals surface area contributed by atoms with Gasteiger partial charge in [0, 0.05) is 18.8 Å². The molecule has 2 amide bonds. The first-order valence-corrected chi connectivity index (χ1v) is 7.49. The van der Waals surface area contributed by atoms with Gasteiger partial charge in [-0.15, -0.1) is 0 Å². The maximum Gasteiger partial charge on any atom is 0.252 e. The summed E-state index contributed by atoms with van der Waals surface area (Å²) in [6.45, 7) is 0. The molecule has 0 bridgehead atoms. The second-order valence-electron chi connectivity index (χ2n) is 5.32. The van der Waals surface area contributed by atoms with E-state index in [1.54, 1.807) is 18.2 Å². The lowest BCUT2D eigenvalue weighted by molar-refractivity contribution is -0.121. The normalized spacial score (nSPS) is 21.7. The number of hydrogen-bond donors (Lipinski definition) is 3. The van der Waals surface area contributed by atoms with Gasteiger partial charge in [-0.1, -0.05) is 24.4 Å². The Kier molecular flexibility index (Phi) is 5.20. The number of halogens is 1. The quantitative estimate of drug-likeness (QED) is 0.800. The van der Waals surface area contributed by atoms with Crippen molar-refractivity contribution in [1.29, 1.82) is 0 Å². The Morgan fingerprint density at radius 2 is 2.00 bits per heavy atom. The second-order valence-corrected chi connectivity index (χ2v) is 5.73. The Morgan fingerprint density at radius 1 is 1.29 bits per heavy atom. The summed E-state index contributed by atoms with van der Waals surface area (Å²) < 4.78 is 0. The van der Waals surface area contributed by atoms with E-state index >= 15 is 0 Å². The number of rotatable bonds is 3. The maximum atomic E-state index is 12.3. The van der Waals surface area contributed by atoms with E-state index in [1.807, 2.05) is 0 Å². The SMILES string of the molecule is CNC(=O)c1cc(NC(=O)C2CCCCC2N)ccc1Cl. The lowest BCUT2D eigenvalue weighted by Gasteiger charge is -2.27. The summed E-state index contributed by atoms with van der Waals surface area (Å²) in [7, 11) is 1.53. The third-order valence-electron chi connectivity index (χ3n) is 3.86. The number of carbonyl (C=O) groups excluding carboxylic acids is 2. The van der Waals surface area contributed by atoms with Crippen LogP contribution in [0.15, 0.2) is 18.2 Å². The minimum absolute atomic E-state index is 0.0904. The van der Waals surface area contributed by atoms with E-state index in [0.717, 1.165) is 25.7 Å². The summed E-state index contributed by atoms with van der Waals surface area (Å²) in [4.78, 5) is 24.0. The Hall–Kier alpha value is -1.59. The van der Waals surface area contributed by atoms with E-state index < -0.39 is 0 Å². The Bertz CT molecular complexity index is 548. The fraction of sp³-hybridized carbons (Fsp3) is 0.467. The molecule has 4 N–H and O–H groups in total. The molecule has 2 atom stereocenters. The molecule has 0 radical (unpaired) electrons. The monoisotopic (exact) mass is 309 g/mol. The van der Waals surface area contributed by atoms with E-state index in [-0.39, 0.29) is 23.8 Å². The molecular formula is C15H20ClN3O2. The molecule has 1 aromatic carbocycles. The number of benzene rings is 1. The van der Waals surface area contributed by atoms with Gasteiger partial charge in [0.15, 0.2) is 0 Å². The van der Waals surface area contributed by atoms with Crippen molar-refractivity contribution in [2.75, 3.05) is 12.4 Å². The van der Waals surface area contributed by atoms with Crippen LogP contribution in [0, 0.1) is 5.92 Å². The Balaban J connectivity index is 2.12. The van der Waals surface area contributed by atoms with Gasteiger partial charge in [0.2, 0.25) is 5.91 Å². The fourth-order valence-corrected chi connectivity index (χ4v) is 2.84. The molecule has 0 spiro atoms. The number of amides is 2. The highest BCUT2D eigenvalue weighted by Crippen LogP contribution is 2.25. The minimum Gasteiger partial charge on any atom is -0.355 e.